The predicted molar refractivity (Wildman–Crippen MR) is 114 cm³/mol. The summed E-state index contributed by atoms with van der Waals surface area (Å²) in [6, 6.07) is 6.40. The number of rotatable bonds is 6. The number of aromatic nitrogens is 2. The Morgan fingerprint density at radius 3 is 2.93 bits per heavy atom. The Labute approximate surface area is 172 Å². The van der Waals surface area contributed by atoms with Crippen LogP contribution in [0.5, 0.6) is 0 Å². The lowest BCUT2D eigenvalue weighted by molar-refractivity contribution is -0.122. The molecule has 0 bridgehead atoms. The fourth-order valence-corrected chi connectivity index (χ4v) is 3.91. The maximum atomic E-state index is 12.2. The van der Waals surface area contributed by atoms with E-state index in [-0.39, 0.29) is 12.0 Å². The maximum absolute atomic E-state index is 12.2. The molecule has 2 aromatic rings. The molecule has 2 aliphatic rings. The summed E-state index contributed by atoms with van der Waals surface area (Å²) in [5.74, 6) is 0.0833. The van der Waals surface area contributed by atoms with Crippen LogP contribution in [-0.2, 0) is 9.53 Å². The van der Waals surface area contributed by atoms with E-state index in [9.17, 15) is 4.79 Å². The van der Waals surface area contributed by atoms with Crippen LogP contribution < -0.4 is 5.32 Å². The second-order valence-electron chi connectivity index (χ2n) is 8.10. The normalized spacial score (nSPS) is 19.9. The van der Waals surface area contributed by atoms with E-state index in [1.807, 2.05) is 10.9 Å². The molecule has 6 nitrogen and oxygen atoms in total. The zero-order chi connectivity index (χ0) is 20.2. The van der Waals surface area contributed by atoms with Gasteiger partial charge in [0.15, 0.2) is 0 Å². The summed E-state index contributed by atoms with van der Waals surface area (Å²) in [5.41, 5.74) is 6.10. The number of ether oxygens (including phenoxy) is 1. The molecule has 0 spiro atoms. The monoisotopic (exact) mass is 394 g/mol. The van der Waals surface area contributed by atoms with Crippen LogP contribution in [0.2, 0.25) is 0 Å². The van der Waals surface area contributed by atoms with Crippen molar-refractivity contribution in [3.8, 4) is 5.69 Å². The number of nitrogens with zero attached hydrogens (tertiary/aromatic N) is 3. The number of hydrogen-bond donors (Lipinski definition) is 1. The van der Waals surface area contributed by atoms with E-state index >= 15 is 0 Å². The molecule has 1 saturated heterocycles. The van der Waals surface area contributed by atoms with Crippen molar-refractivity contribution in [2.45, 2.75) is 39.2 Å². The lowest BCUT2D eigenvalue weighted by Crippen LogP contribution is -2.41. The highest BCUT2D eigenvalue weighted by Crippen LogP contribution is 2.23. The Balaban J connectivity index is 1.31. The topological polar surface area (TPSA) is 59.4 Å². The van der Waals surface area contributed by atoms with Gasteiger partial charge in [-0.2, -0.15) is 5.10 Å². The number of carbonyl (C=O) groups excluding carboxylic acids is 1. The van der Waals surface area contributed by atoms with E-state index in [1.165, 1.54) is 16.7 Å². The highest BCUT2D eigenvalue weighted by molar-refractivity contribution is 5.78. The van der Waals surface area contributed by atoms with Gasteiger partial charge in [-0.15, -0.1) is 0 Å². The first kappa shape index (κ1) is 19.9. The third kappa shape index (κ3) is 4.95. The molecule has 3 heterocycles. The summed E-state index contributed by atoms with van der Waals surface area (Å²) in [6.07, 6.45) is 9.52. The Morgan fingerprint density at radius 1 is 1.31 bits per heavy atom. The second-order valence-corrected chi connectivity index (χ2v) is 8.10. The van der Waals surface area contributed by atoms with Crippen LogP contribution in [0.1, 0.15) is 36.0 Å². The molecule has 29 heavy (non-hydrogen) atoms. The van der Waals surface area contributed by atoms with Crippen molar-refractivity contribution < 1.29 is 9.53 Å². The van der Waals surface area contributed by atoms with Crippen molar-refractivity contribution in [1.82, 2.24) is 20.0 Å². The van der Waals surface area contributed by atoms with E-state index in [4.69, 9.17) is 4.74 Å². The molecule has 2 aliphatic heterocycles. The molecule has 1 N–H and O–H groups in total. The Kier molecular flexibility index (Phi) is 6.11. The summed E-state index contributed by atoms with van der Waals surface area (Å²) in [7, 11) is 0. The standard InChI is InChI=1S/C23H30N4O2/c1-17-5-6-21(12-18(17)2)27-15-20(13-25-27)19-7-9-26(10-8-19)16-23(28)24-14-22-4-3-11-29-22/h5-7,12-13,15,22H,3-4,8-11,14,16H2,1-2H3,(H,24,28). The largest absolute Gasteiger partial charge is 0.376 e. The minimum atomic E-state index is 0.0833. The number of hydrogen-bond acceptors (Lipinski definition) is 4. The van der Waals surface area contributed by atoms with Crippen LogP contribution in [0.3, 0.4) is 0 Å². The van der Waals surface area contributed by atoms with E-state index in [2.05, 4.69) is 59.6 Å². The smallest absolute Gasteiger partial charge is 0.234 e. The number of nitrogens with one attached hydrogen (secondary N) is 1. The molecule has 1 aromatic heterocycles. The first-order chi connectivity index (χ1) is 14.1. The summed E-state index contributed by atoms with van der Waals surface area (Å²) >= 11 is 0. The summed E-state index contributed by atoms with van der Waals surface area (Å²) in [5, 5.41) is 7.55. The van der Waals surface area contributed by atoms with E-state index < -0.39 is 0 Å². The van der Waals surface area contributed by atoms with E-state index in [0.29, 0.717) is 13.1 Å². The average molecular weight is 395 g/mol. The summed E-state index contributed by atoms with van der Waals surface area (Å²) in [4.78, 5) is 14.4. The van der Waals surface area contributed by atoms with Crippen LogP contribution >= 0.6 is 0 Å². The fourth-order valence-electron chi connectivity index (χ4n) is 3.91. The Hall–Kier alpha value is -2.44. The lowest BCUT2D eigenvalue weighted by Gasteiger charge is -2.25. The van der Waals surface area contributed by atoms with Gasteiger partial charge >= 0.3 is 0 Å². The molecule has 1 amide bonds. The highest BCUT2D eigenvalue weighted by Gasteiger charge is 2.19. The van der Waals surface area contributed by atoms with Crippen molar-refractivity contribution in [3.63, 3.8) is 0 Å². The van der Waals surface area contributed by atoms with Crippen LogP contribution in [-0.4, -0.2) is 59.5 Å². The van der Waals surface area contributed by atoms with Gasteiger partial charge in [-0.05, 0) is 61.9 Å². The molecule has 0 saturated carbocycles. The minimum absolute atomic E-state index is 0.0833. The van der Waals surface area contributed by atoms with Gasteiger partial charge in [0, 0.05) is 38.0 Å². The van der Waals surface area contributed by atoms with E-state index in [1.54, 1.807) is 0 Å². The van der Waals surface area contributed by atoms with Gasteiger partial charge in [-0.3, -0.25) is 9.69 Å². The molecular formula is C23H30N4O2. The van der Waals surface area contributed by atoms with Gasteiger partial charge in [0.2, 0.25) is 5.91 Å². The van der Waals surface area contributed by atoms with Crippen LogP contribution in [0.15, 0.2) is 36.7 Å². The van der Waals surface area contributed by atoms with Crippen molar-refractivity contribution in [1.29, 1.82) is 0 Å². The first-order valence-electron chi connectivity index (χ1n) is 10.5. The molecule has 1 aromatic carbocycles. The molecule has 0 radical (unpaired) electrons. The van der Waals surface area contributed by atoms with Gasteiger partial charge in [-0.1, -0.05) is 12.1 Å². The van der Waals surface area contributed by atoms with Gasteiger partial charge in [0.25, 0.3) is 0 Å². The zero-order valence-electron chi connectivity index (χ0n) is 17.4. The van der Waals surface area contributed by atoms with Crippen LogP contribution in [0.25, 0.3) is 11.3 Å². The molecule has 4 rings (SSSR count). The first-order valence-corrected chi connectivity index (χ1v) is 10.5. The predicted octanol–water partition coefficient (Wildman–Crippen LogP) is 2.87. The fraction of sp³-hybridized carbons (Fsp3) is 0.478. The molecule has 154 valence electrons. The molecule has 6 heteroatoms. The Morgan fingerprint density at radius 2 is 2.21 bits per heavy atom. The van der Waals surface area contributed by atoms with Gasteiger partial charge in [-0.25, -0.2) is 4.68 Å². The second kappa shape index (κ2) is 8.93. The number of carbonyl (C=O) groups is 1. The molecule has 1 fully saturated rings. The zero-order valence-corrected chi connectivity index (χ0v) is 17.4. The third-order valence-electron chi connectivity index (χ3n) is 5.92. The molecule has 1 atom stereocenters. The van der Waals surface area contributed by atoms with Crippen LogP contribution in [0, 0.1) is 13.8 Å². The third-order valence-corrected chi connectivity index (χ3v) is 5.92. The molecule has 0 aliphatic carbocycles. The van der Waals surface area contributed by atoms with Crippen molar-refractivity contribution in [2.75, 3.05) is 32.8 Å². The van der Waals surface area contributed by atoms with Gasteiger partial charge in [0.05, 0.1) is 24.5 Å². The quantitative estimate of drug-likeness (QED) is 0.819. The number of benzene rings is 1. The highest BCUT2D eigenvalue weighted by atomic mass is 16.5. The summed E-state index contributed by atoms with van der Waals surface area (Å²) in [6.45, 7) is 7.81. The van der Waals surface area contributed by atoms with Crippen molar-refractivity contribution in [3.05, 3.63) is 53.4 Å². The number of aryl methyl sites for hydroxylation is 2. The SMILES string of the molecule is Cc1ccc(-n2cc(C3=CCN(CC(=O)NCC4CCCO4)CC3)cn2)cc1C. The van der Waals surface area contributed by atoms with E-state index in [0.717, 1.165) is 50.2 Å². The van der Waals surface area contributed by atoms with Crippen LogP contribution in [0.4, 0.5) is 0 Å². The lowest BCUT2D eigenvalue weighted by atomic mass is 10.0. The summed E-state index contributed by atoms with van der Waals surface area (Å²) < 4.78 is 7.49. The number of amides is 1. The van der Waals surface area contributed by atoms with Gasteiger partial charge in [0.1, 0.15) is 0 Å². The van der Waals surface area contributed by atoms with Gasteiger partial charge < -0.3 is 10.1 Å². The molecule has 1 unspecified atom stereocenters. The van der Waals surface area contributed by atoms with Crippen molar-refractivity contribution >= 4 is 11.5 Å². The molecular weight excluding hydrogens is 364 g/mol. The van der Waals surface area contributed by atoms with Crippen molar-refractivity contribution in [2.24, 2.45) is 0 Å². The maximum Gasteiger partial charge on any atom is 0.234 e. The average Bonchev–Trinajstić information content (AvgIpc) is 3.41. The minimum Gasteiger partial charge on any atom is -0.376 e. The Bertz CT molecular complexity index is 896.